The van der Waals surface area contributed by atoms with Crippen molar-refractivity contribution in [2.45, 2.75) is 6.61 Å². The molecule has 0 bridgehead atoms. The van der Waals surface area contributed by atoms with Gasteiger partial charge in [0.15, 0.2) is 0 Å². The molecule has 2 nitrogen and oxygen atoms in total. The van der Waals surface area contributed by atoms with Crippen LogP contribution in [0.15, 0.2) is 30.3 Å². The predicted molar refractivity (Wildman–Crippen MR) is 57.7 cm³/mol. The molecule has 1 rings (SSSR count). The monoisotopic (exact) mass is 214 g/mol. The van der Waals surface area contributed by atoms with Gasteiger partial charge in [-0.15, -0.1) is 0 Å². The van der Waals surface area contributed by atoms with Gasteiger partial charge in [0.25, 0.3) is 0 Å². The highest BCUT2D eigenvalue weighted by atomic mass is 33.1. The third-order valence-electron chi connectivity index (χ3n) is 1.35. The average Bonchev–Trinajstić information content (AvgIpc) is 2.17. The summed E-state index contributed by atoms with van der Waals surface area (Å²) in [4.78, 5) is 10.9. The second-order valence-corrected chi connectivity index (χ2v) is 4.61. The highest BCUT2D eigenvalue weighted by molar-refractivity contribution is 8.81. The zero-order chi connectivity index (χ0) is 9.52. The van der Waals surface area contributed by atoms with Crippen LogP contribution in [-0.4, -0.2) is 11.6 Å². The first-order valence-corrected chi connectivity index (χ1v) is 6.30. The van der Waals surface area contributed by atoms with E-state index in [4.69, 9.17) is 4.74 Å². The van der Waals surface area contributed by atoms with E-state index in [-0.39, 0.29) is 5.30 Å². The minimum absolute atomic E-state index is 0.239. The van der Waals surface area contributed by atoms with Crippen LogP contribution in [0.1, 0.15) is 5.56 Å². The van der Waals surface area contributed by atoms with Gasteiger partial charge >= 0.3 is 5.30 Å². The fourth-order valence-electron chi connectivity index (χ4n) is 0.809. The first-order chi connectivity index (χ1) is 6.33. The summed E-state index contributed by atoms with van der Waals surface area (Å²) in [6.45, 7) is 0.354. The van der Waals surface area contributed by atoms with Gasteiger partial charge in [0.2, 0.25) is 0 Å². The lowest BCUT2D eigenvalue weighted by molar-refractivity contribution is 0.169. The van der Waals surface area contributed by atoms with Crippen molar-refractivity contribution in [2.75, 3.05) is 6.26 Å². The molecule has 0 saturated carbocycles. The molecular formula is C9H10O2S2. The van der Waals surface area contributed by atoms with E-state index >= 15 is 0 Å². The normalized spacial score (nSPS) is 9.62. The second kappa shape index (κ2) is 5.94. The molecular weight excluding hydrogens is 204 g/mol. The molecule has 0 saturated heterocycles. The first kappa shape index (κ1) is 10.5. The largest absolute Gasteiger partial charge is 0.452 e. The average molecular weight is 214 g/mol. The maximum atomic E-state index is 10.9. The van der Waals surface area contributed by atoms with E-state index in [0.717, 1.165) is 16.4 Å². The maximum Gasteiger partial charge on any atom is 0.378 e. The van der Waals surface area contributed by atoms with E-state index in [1.54, 1.807) is 0 Å². The molecule has 0 fully saturated rings. The van der Waals surface area contributed by atoms with Crippen molar-refractivity contribution in [2.24, 2.45) is 0 Å². The van der Waals surface area contributed by atoms with Crippen molar-refractivity contribution in [3.05, 3.63) is 35.9 Å². The number of carbonyl (C=O) groups is 1. The Morgan fingerprint density at radius 1 is 1.38 bits per heavy atom. The van der Waals surface area contributed by atoms with E-state index in [9.17, 15) is 4.79 Å². The molecule has 70 valence electrons. The fraction of sp³-hybridized carbons (Fsp3) is 0.222. The molecule has 0 aliphatic heterocycles. The fourth-order valence-corrected chi connectivity index (χ4v) is 1.60. The third kappa shape index (κ3) is 4.24. The predicted octanol–water partition coefficient (Wildman–Crippen LogP) is 3.33. The smallest absolute Gasteiger partial charge is 0.378 e. The molecule has 0 aromatic heterocycles. The number of ether oxygens (including phenoxy) is 1. The van der Waals surface area contributed by atoms with Crippen molar-refractivity contribution in [3.63, 3.8) is 0 Å². The van der Waals surface area contributed by atoms with Crippen molar-refractivity contribution in [3.8, 4) is 0 Å². The molecule has 1 aromatic carbocycles. The van der Waals surface area contributed by atoms with Gasteiger partial charge in [0, 0.05) is 10.8 Å². The summed E-state index contributed by atoms with van der Waals surface area (Å²) in [5, 5.41) is -0.239. The minimum atomic E-state index is -0.239. The van der Waals surface area contributed by atoms with Gasteiger partial charge in [0.05, 0.1) is 0 Å². The summed E-state index contributed by atoms with van der Waals surface area (Å²) in [6.07, 6.45) is 1.84. The van der Waals surface area contributed by atoms with Crippen LogP contribution in [0.4, 0.5) is 4.79 Å². The van der Waals surface area contributed by atoms with E-state index in [0.29, 0.717) is 6.61 Å². The molecule has 0 radical (unpaired) electrons. The van der Waals surface area contributed by atoms with Crippen LogP contribution < -0.4 is 0 Å². The Labute approximate surface area is 85.4 Å². The van der Waals surface area contributed by atoms with Gasteiger partial charge < -0.3 is 4.74 Å². The van der Waals surface area contributed by atoms with E-state index < -0.39 is 0 Å². The van der Waals surface area contributed by atoms with Crippen LogP contribution in [0.5, 0.6) is 0 Å². The van der Waals surface area contributed by atoms with Gasteiger partial charge in [-0.25, -0.2) is 4.79 Å². The Bertz CT molecular complexity index is 262. The molecule has 1 aromatic rings. The lowest BCUT2D eigenvalue weighted by Crippen LogP contribution is -1.95. The van der Waals surface area contributed by atoms with Crippen LogP contribution in [0.25, 0.3) is 0 Å². The Morgan fingerprint density at radius 3 is 2.69 bits per heavy atom. The second-order valence-electron chi connectivity index (χ2n) is 2.27. The van der Waals surface area contributed by atoms with Crippen molar-refractivity contribution >= 4 is 26.9 Å². The maximum absolute atomic E-state index is 10.9. The summed E-state index contributed by atoms with van der Waals surface area (Å²) in [5.74, 6) is 0. The summed E-state index contributed by atoms with van der Waals surface area (Å²) in [5.41, 5.74) is 1.01. The summed E-state index contributed by atoms with van der Waals surface area (Å²) in [6, 6.07) is 9.63. The van der Waals surface area contributed by atoms with Gasteiger partial charge in [0.1, 0.15) is 6.61 Å². The third-order valence-corrected chi connectivity index (χ3v) is 2.68. The first-order valence-electron chi connectivity index (χ1n) is 3.74. The molecule has 0 amide bonds. The lowest BCUT2D eigenvalue weighted by Gasteiger charge is -2.01. The molecule has 0 atom stereocenters. The van der Waals surface area contributed by atoms with Crippen LogP contribution in [0, 0.1) is 0 Å². The standard InChI is InChI=1S/C9H10O2S2/c1-12-13-9(10)11-7-8-5-3-2-4-6-8/h2-6H,7H2,1H3. The molecule has 13 heavy (non-hydrogen) atoms. The Morgan fingerprint density at radius 2 is 2.08 bits per heavy atom. The lowest BCUT2D eigenvalue weighted by atomic mass is 10.2. The highest BCUT2D eigenvalue weighted by Gasteiger charge is 2.01. The molecule has 0 unspecified atom stereocenters. The number of benzene rings is 1. The van der Waals surface area contributed by atoms with Gasteiger partial charge in [-0.1, -0.05) is 41.1 Å². The van der Waals surface area contributed by atoms with Crippen LogP contribution in [-0.2, 0) is 11.3 Å². The van der Waals surface area contributed by atoms with Crippen molar-refractivity contribution < 1.29 is 9.53 Å². The number of hydrogen-bond donors (Lipinski definition) is 0. The molecule has 0 aliphatic rings. The highest BCUT2D eigenvalue weighted by Crippen LogP contribution is 2.20. The summed E-state index contributed by atoms with van der Waals surface area (Å²) >= 11 is 0. The quantitative estimate of drug-likeness (QED) is 0.569. The van der Waals surface area contributed by atoms with Crippen LogP contribution in [0.3, 0.4) is 0 Å². The van der Waals surface area contributed by atoms with Crippen molar-refractivity contribution in [1.29, 1.82) is 0 Å². The van der Waals surface area contributed by atoms with Gasteiger partial charge in [-0.05, 0) is 11.8 Å². The summed E-state index contributed by atoms with van der Waals surface area (Å²) < 4.78 is 4.97. The Kier molecular flexibility index (Phi) is 4.78. The van der Waals surface area contributed by atoms with E-state index in [1.165, 1.54) is 10.8 Å². The minimum Gasteiger partial charge on any atom is -0.452 e. The summed E-state index contributed by atoms with van der Waals surface area (Å²) in [7, 11) is 2.49. The van der Waals surface area contributed by atoms with Crippen LogP contribution in [0.2, 0.25) is 0 Å². The Hall–Kier alpha value is -0.610. The number of hydrogen-bond acceptors (Lipinski definition) is 4. The van der Waals surface area contributed by atoms with Crippen LogP contribution >= 0.6 is 21.6 Å². The van der Waals surface area contributed by atoms with Gasteiger partial charge in [-0.3, -0.25) is 0 Å². The van der Waals surface area contributed by atoms with E-state index in [2.05, 4.69) is 0 Å². The SMILES string of the molecule is CSSC(=O)OCc1ccccc1. The van der Waals surface area contributed by atoms with Crippen molar-refractivity contribution in [1.82, 2.24) is 0 Å². The molecule has 4 heteroatoms. The molecule has 0 heterocycles. The zero-order valence-corrected chi connectivity index (χ0v) is 8.86. The van der Waals surface area contributed by atoms with E-state index in [1.807, 2.05) is 36.6 Å². The number of rotatable bonds is 3. The Balaban J connectivity index is 2.31. The molecule has 0 aliphatic carbocycles. The number of carbonyl (C=O) groups excluding carboxylic acids is 1. The van der Waals surface area contributed by atoms with Gasteiger partial charge in [-0.2, -0.15) is 0 Å². The zero-order valence-electron chi connectivity index (χ0n) is 7.23. The topological polar surface area (TPSA) is 26.3 Å². The molecule has 0 spiro atoms. The molecule has 0 N–H and O–H groups in total.